The van der Waals surface area contributed by atoms with Gasteiger partial charge in [0.15, 0.2) is 0 Å². The summed E-state index contributed by atoms with van der Waals surface area (Å²) in [6, 6.07) is 11.0. The van der Waals surface area contributed by atoms with E-state index in [9.17, 15) is 4.79 Å². The second-order valence-electron chi connectivity index (χ2n) is 10.0. The second-order valence-corrected chi connectivity index (χ2v) is 10.8. The number of hydrogen-bond acceptors (Lipinski definition) is 9. The van der Waals surface area contributed by atoms with Crippen molar-refractivity contribution >= 4 is 41.5 Å². The predicted molar refractivity (Wildman–Crippen MR) is 172 cm³/mol. The van der Waals surface area contributed by atoms with Crippen molar-refractivity contribution in [3.05, 3.63) is 75.5 Å². The van der Waals surface area contributed by atoms with Gasteiger partial charge >= 0.3 is 0 Å². The number of nitrogens with zero attached hydrogens (tertiary/aromatic N) is 4. The van der Waals surface area contributed by atoms with Gasteiger partial charge in [0, 0.05) is 53.8 Å². The van der Waals surface area contributed by atoms with E-state index in [0.29, 0.717) is 75.2 Å². The molecule has 0 aliphatic carbocycles. The molecule has 1 fully saturated rings. The van der Waals surface area contributed by atoms with Crippen LogP contribution in [-0.4, -0.2) is 61.7 Å². The maximum Gasteiger partial charge on any atom is 0.237 e. The number of nitrogens with one attached hydrogen (secondary N) is 2. The zero-order valence-corrected chi connectivity index (χ0v) is 26.1. The largest absolute Gasteiger partial charge is 0.480 e. The van der Waals surface area contributed by atoms with Crippen LogP contribution in [0.15, 0.2) is 64.2 Å². The second kappa shape index (κ2) is 14.6. The Morgan fingerprint density at radius 3 is 2.51 bits per heavy atom. The molecule has 1 saturated heterocycles. The lowest BCUT2D eigenvalue weighted by atomic mass is 9.98. The first-order valence-corrected chi connectivity index (χ1v) is 14.5. The van der Waals surface area contributed by atoms with Gasteiger partial charge in [0.25, 0.3) is 0 Å². The van der Waals surface area contributed by atoms with Crippen LogP contribution in [0.3, 0.4) is 0 Å². The maximum absolute atomic E-state index is 11.5. The standard InChI is InChI=1S/C31H35Cl2N7O3/c1-17(34)29-31(43-5)40-24(16-37-29)23-11-7-10-22(28(23)33)21-9-6-8-20(27(21)32)18(2)38-30(42-4)25(35-3)15-36-14-19-12-13-26(41)39-19/h6-11,16-17,19,36H,3,12-15,34H2,1-2,4-5H3,(H,39,41)/b30-25+,38-18+/t17-,19+/m1/s1. The van der Waals surface area contributed by atoms with Gasteiger partial charge in [0.05, 0.1) is 41.9 Å². The molecule has 0 unspecified atom stereocenters. The molecule has 10 nitrogen and oxygen atoms in total. The maximum atomic E-state index is 11.5. The number of carbonyl (C=O) groups excluding carboxylic acids is 1. The molecule has 43 heavy (non-hydrogen) atoms. The summed E-state index contributed by atoms with van der Waals surface area (Å²) in [5.74, 6) is 0.718. The monoisotopic (exact) mass is 623 g/mol. The topological polar surface area (TPSA) is 136 Å². The first-order chi connectivity index (χ1) is 20.7. The first kappa shape index (κ1) is 32.1. The Kier molecular flexibility index (Phi) is 10.9. The molecule has 226 valence electrons. The molecule has 2 aromatic carbocycles. The molecular weight excluding hydrogens is 589 g/mol. The van der Waals surface area contributed by atoms with Crippen LogP contribution in [0.2, 0.25) is 10.0 Å². The average molecular weight is 625 g/mol. The van der Waals surface area contributed by atoms with Gasteiger partial charge in [-0.05, 0) is 27.0 Å². The molecule has 1 aliphatic heterocycles. The van der Waals surface area contributed by atoms with Crippen molar-refractivity contribution in [3.8, 4) is 28.3 Å². The molecule has 0 radical (unpaired) electrons. The van der Waals surface area contributed by atoms with Gasteiger partial charge in [-0.1, -0.05) is 59.6 Å². The van der Waals surface area contributed by atoms with Crippen molar-refractivity contribution in [1.29, 1.82) is 0 Å². The van der Waals surface area contributed by atoms with Crippen molar-refractivity contribution in [1.82, 2.24) is 20.6 Å². The van der Waals surface area contributed by atoms with Crippen LogP contribution in [0.1, 0.15) is 44.0 Å². The van der Waals surface area contributed by atoms with Crippen LogP contribution in [0.25, 0.3) is 22.4 Å². The Morgan fingerprint density at radius 1 is 1.19 bits per heavy atom. The van der Waals surface area contributed by atoms with E-state index in [4.69, 9.17) is 43.4 Å². The van der Waals surface area contributed by atoms with E-state index in [0.717, 1.165) is 17.5 Å². The van der Waals surface area contributed by atoms with Gasteiger partial charge in [0.2, 0.25) is 17.7 Å². The van der Waals surface area contributed by atoms with E-state index in [1.807, 2.05) is 50.2 Å². The van der Waals surface area contributed by atoms with Crippen molar-refractivity contribution < 1.29 is 14.3 Å². The minimum atomic E-state index is -0.339. The van der Waals surface area contributed by atoms with Crippen molar-refractivity contribution in [2.45, 2.75) is 38.8 Å². The van der Waals surface area contributed by atoms with E-state index < -0.39 is 0 Å². The summed E-state index contributed by atoms with van der Waals surface area (Å²) in [6.45, 7) is 8.30. The van der Waals surface area contributed by atoms with Gasteiger partial charge in [0.1, 0.15) is 11.4 Å². The molecule has 4 N–H and O–H groups in total. The molecule has 1 amide bonds. The summed E-state index contributed by atoms with van der Waals surface area (Å²) in [4.78, 5) is 29.3. The van der Waals surface area contributed by atoms with Gasteiger partial charge in [-0.3, -0.25) is 14.8 Å². The summed E-state index contributed by atoms with van der Waals surface area (Å²) >= 11 is 13.9. The molecule has 1 aliphatic rings. The van der Waals surface area contributed by atoms with Gasteiger partial charge in [-0.25, -0.2) is 9.98 Å². The molecule has 1 aromatic heterocycles. The molecule has 0 bridgehead atoms. The van der Waals surface area contributed by atoms with E-state index in [2.05, 4.69) is 32.3 Å². The highest BCUT2D eigenvalue weighted by atomic mass is 35.5. The van der Waals surface area contributed by atoms with Crippen molar-refractivity contribution in [3.63, 3.8) is 0 Å². The van der Waals surface area contributed by atoms with E-state index in [1.165, 1.54) is 14.2 Å². The van der Waals surface area contributed by atoms with Crippen LogP contribution < -0.4 is 21.1 Å². The third-order valence-electron chi connectivity index (χ3n) is 7.01. The minimum absolute atomic E-state index is 0.0686. The summed E-state index contributed by atoms with van der Waals surface area (Å²) in [7, 11) is 3.05. The average Bonchev–Trinajstić information content (AvgIpc) is 3.42. The Hall–Kier alpha value is -3.83. The minimum Gasteiger partial charge on any atom is -0.480 e. The predicted octanol–water partition coefficient (Wildman–Crippen LogP) is 5.34. The Labute approximate surface area is 261 Å². The van der Waals surface area contributed by atoms with Crippen LogP contribution in [-0.2, 0) is 9.53 Å². The summed E-state index contributed by atoms with van der Waals surface area (Å²) in [5.41, 5.74) is 11.1. The normalized spacial score (nSPS) is 16.4. The molecular formula is C31H35Cl2N7O3. The number of rotatable bonds is 12. The van der Waals surface area contributed by atoms with Crippen molar-refractivity contribution in [2.24, 2.45) is 15.7 Å². The number of carbonyl (C=O) groups is 1. The summed E-state index contributed by atoms with van der Waals surface area (Å²) in [6.07, 6.45) is 2.97. The van der Waals surface area contributed by atoms with Crippen molar-refractivity contribution in [2.75, 3.05) is 27.3 Å². The van der Waals surface area contributed by atoms with Crippen LogP contribution in [0.4, 0.5) is 0 Å². The van der Waals surface area contributed by atoms with E-state index in [-0.39, 0.29) is 18.0 Å². The number of benzene rings is 2. The Morgan fingerprint density at radius 2 is 1.88 bits per heavy atom. The molecule has 12 heteroatoms. The van der Waals surface area contributed by atoms with Crippen LogP contribution >= 0.6 is 23.2 Å². The Bertz CT molecular complexity index is 1570. The smallest absolute Gasteiger partial charge is 0.237 e. The molecule has 4 rings (SSSR count). The molecule has 3 aromatic rings. The lowest BCUT2D eigenvalue weighted by Crippen LogP contribution is -2.36. The summed E-state index contributed by atoms with van der Waals surface area (Å²) in [5, 5.41) is 7.15. The number of amides is 1. The number of nitrogens with two attached hydrogens (primary N) is 1. The highest BCUT2D eigenvalue weighted by molar-refractivity contribution is 6.39. The fourth-order valence-corrected chi connectivity index (χ4v) is 5.46. The first-order valence-electron chi connectivity index (χ1n) is 13.7. The Balaban J connectivity index is 1.64. The summed E-state index contributed by atoms with van der Waals surface area (Å²) < 4.78 is 11.0. The highest BCUT2D eigenvalue weighted by Gasteiger charge is 2.21. The fourth-order valence-electron chi connectivity index (χ4n) is 4.77. The van der Waals surface area contributed by atoms with E-state index in [1.54, 1.807) is 6.20 Å². The zero-order chi connectivity index (χ0) is 31.1. The number of aromatic nitrogens is 2. The third-order valence-corrected chi connectivity index (χ3v) is 7.83. The zero-order valence-electron chi connectivity index (χ0n) is 24.6. The highest BCUT2D eigenvalue weighted by Crippen LogP contribution is 2.40. The molecule has 0 saturated carbocycles. The van der Waals surface area contributed by atoms with Gasteiger partial charge in [-0.2, -0.15) is 0 Å². The van der Waals surface area contributed by atoms with E-state index >= 15 is 0 Å². The molecule has 0 spiro atoms. The number of aliphatic imine (C=N–C) groups is 2. The number of hydrogen-bond donors (Lipinski definition) is 3. The number of methoxy groups -OCH3 is 2. The van der Waals surface area contributed by atoms with Gasteiger partial charge in [-0.15, -0.1) is 0 Å². The lowest BCUT2D eigenvalue weighted by Gasteiger charge is -2.15. The van der Waals surface area contributed by atoms with Crippen LogP contribution in [0.5, 0.6) is 5.88 Å². The fraction of sp³-hybridized carbons (Fsp3) is 0.323. The SMILES string of the molecule is C=N/C(CNC[C@@H]1CCC(=O)N1)=C(\N=C(/C)c1cccc(-c2cccc(-c3cnc([C@@H](C)N)c(OC)n3)c2Cl)c1Cl)OC. The third kappa shape index (κ3) is 7.40. The lowest BCUT2D eigenvalue weighted by molar-refractivity contribution is -0.119. The van der Waals surface area contributed by atoms with Gasteiger partial charge < -0.3 is 25.8 Å². The molecule has 2 atom stereocenters. The number of halogens is 2. The molecule has 2 heterocycles. The van der Waals surface area contributed by atoms with Crippen LogP contribution in [0, 0.1) is 0 Å². The number of ether oxygens (including phenoxy) is 2. The quantitative estimate of drug-likeness (QED) is 0.183.